The summed E-state index contributed by atoms with van der Waals surface area (Å²) in [6.45, 7) is 1.75. The molecule has 0 heterocycles. The fraction of sp³-hybridized carbons (Fsp3) is 0.111. The van der Waals surface area contributed by atoms with Gasteiger partial charge in [-0.1, -0.05) is 17.7 Å². The van der Waals surface area contributed by atoms with E-state index < -0.39 is 11.8 Å². The molecule has 0 fully saturated rings. The van der Waals surface area contributed by atoms with E-state index in [4.69, 9.17) is 22.1 Å². The molecule has 0 spiro atoms. The molecule has 5 heteroatoms. The molecule has 0 aromatic heterocycles. The van der Waals surface area contributed by atoms with Gasteiger partial charge in [0.05, 0.1) is 0 Å². The van der Waals surface area contributed by atoms with Gasteiger partial charge in [-0.15, -0.1) is 0 Å². The number of aliphatic carboxylic acids is 1. The maximum atomic E-state index is 10.4. The summed E-state index contributed by atoms with van der Waals surface area (Å²) in [4.78, 5) is 10.4. The predicted molar refractivity (Wildman–Crippen MR) is 55.2 cm³/mol. The van der Waals surface area contributed by atoms with Gasteiger partial charge in [0, 0.05) is 10.7 Å². The number of carboxylic acids is 1. The summed E-state index contributed by atoms with van der Waals surface area (Å²) in [5.74, 6) is -1.88. The maximum absolute atomic E-state index is 10.4. The molecule has 0 aliphatic carbocycles. The van der Waals surface area contributed by atoms with E-state index in [1.807, 2.05) is 0 Å². The molecule has 0 saturated heterocycles. The van der Waals surface area contributed by atoms with Gasteiger partial charge in [-0.05, 0) is 24.6 Å². The molecular formula is C9H9ClN2O2. The zero-order valence-corrected chi connectivity index (χ0v) is 8.22. The summed E-state index contributed by atoms with van der Waals surface area (Å²) < 4.78 is 0. The molecule has 1 aromatic carbocycles. The number of hydrogen-bond acceptors (Lipinski definition) is 2. The van der Waals surface area contributed by atoms with Gasteiger partial charge in [-0.25, -0.2) is 4.79 Å². The Balaban J connectivity index is 2.93. The Morgan fingerprint density at radius 3 is 2.79 bits per heavy atom. The Kier molecular flexibility index (Phi) is 3.09. The smallest absolute Gasteiger partial charge is 0.371 e. The van der Waals surface area contributed by atoms with Crippen molar-refractivity contribution in [2.75, 3.05) is 5.32 Å². The second-order valence-electron chi connectivity index (χ2n) is 2.72. The first-order valence-corrected chi connectivity index (χ1v) is 4.24. The molecule has 3 N–H and O–H groups in total. The van der Waals surface area contributed by atoms with Crippen molar-refractivity contribution in [3.05, 3.63) is 28.8 Å². The van der Waals surface area contributed by atoms with E-state index in [1.54, 1.807) is 25.1 Å². The van der Waals surface area contributed by atoms with Gasteiger partial charge in [0.25, 0.3) is 0 Å². The van der Waals surface area contributed by atoms with Crippen LogP contribution in [0.3, 0.4) is 0 Å². The quantitative estimate of drug-likeness (QED) is 0.493. The second kappa shape index (κ2) is 4.11. The van der Waals surface area contributed by atoms with E-state index in [0.29, 0.717) is 10.7 Å². The molecular weight excluding hydrogens is 204 g/mol. The van der Waals surface area contributed by atoms with Gasteiger partial charge >= 0.3 is 5.97 Å². The van der Waals surface area contributed by atoms with Crippen LogP contribution in [0.1, 0.15) is 5.56 Å². The molecule has 4 nitrogen and oxygen atoms in total. The maximum Gasteiger partial charge on any atom is 0.371 e. The van der Waals surface area contributed by atoms with Gasteiger partial charge in [0.1, 0.15) is 0 Å². The highest BCUT2D eigenvalue weighted by Crippen LogP contribution is 2.22. The number of rotatable bonds is 1. The zero-order chi connectivity index (χ0) is 10.7. The minimum atomic E-state index is -1.30. The average Bonchev–Trinajstić information content (AvgIpc) is 2.12. The Hall–Kier alpha value is -1.55. The summed E-state index contributed by atoms with van der Waals surface area (Å²) in [6.07, 6.45) is 0. The highest BCUT2D eigenvalue weighted by atomic mass is 35.5. The first-order valence-electron chi connectivity index (χ1n) is 3.86. The number of amidine groups is 1. The third-order valence-electron chi connectivity index (χ3n) is 1.74. The predicted octanol–water partition coefficient (Wildman–Crippen LogP) is 2.12. The highest BCUT2D eigenvalue weighted by Gasteiger charge is 2.08. The third-order valence-corrected chi connectivity index (χ3v) is 2.15. The largest absolute Gasteiger partial charge is 0.475 e. The third kappa shape index (κ3) is 2.23. The standard InChI is InChI=1S/C9H9ClN2O2/c1-5-6(10)3-2-4-7(5)12-8(11)9(13)14/h2-4H,1H3,(H2,11,12)(H,13,14). The Morgan fingerprint density at radius 2 is 2.21 bits per heavy atom. The van der Waals surface area contributed by atoms with E-state index in [-0.39, 0.29) is 0 Å². The van der Waals surface area contributed by atoms with Crippen LogP contribution >= 0.6 is 11.6 Å². The number of nitrogens with one attached hydrogen (secondary N) is 2. The lowest BCUT2D eigenvalue weighted by Crippen LogP contribution is -2.21. The monoisotopic (exact) mass is 212 g/mol. The SMILES string of the molecule is Cc1c(Cl)cccc1NC(=N)C(=O)O. The molecule has 1 aromatic rings. The van der Waals surface area contributed by atoms with Gasteiger partial charge in [-0.2, -0.15) is 0 Å². The minimum Gasteiger partial charge on any atom is -0.475 e. The lowest BCUT2D eigenvalue weighted by Gasteiger charge is -2.08. The molecule has 0 aliphatic rings. The van der Waals surface area contributed by atoms with Crippen molar-refractivity contribution in [3.8, 4) is 0 Å². The topological polar surface area (TPSA) is 73.2 Å². The minimum absolute atomic E-state index is 0.532. The van der Waals surface area contributed by atoms with Gasteiger partial charge in [0.2, 0.25) is 5.84 Å². The normalized spacial score (nSPS) is 9.57. The number of hydrogen-bond donors (Lipinski definition) is 3. The number of halogens is 1. The van der Waals surface area contributed by atoms with Crippen molar-refractivity contribution in [1.82, 2.24) is 0 Å². The van der Waals surface area contributed by atoms with E-state index >= 15 is 0 Å². The number of benzene rings is 1. The number of carboxylic acid groups (broad SMARTS) is 1. The molecule has 0 radical (unpaired) electrons. The van der Waals surface area contributed by atoms with E-state index in [0.717, 1.165) is 5.56 Å². The van der Waals surface area contributed by atoms with Crippen LogP contribution in [0.5, 0.6) is 0 Å². The van der Waals surface area contributed by atoms with Crippen molar-refractivity contribution in [3.63, 3.8) is 0 Å². The summed E-state index contributed by atoms with van der Waals surface area (Å²) >= 11 is 5.82. The van der Waals surface area contributed by atoms with Gasteiger partial charge in [-0.3, -0.25) is 5.41 Å². The summed E-state index contributed by atoms with van der Waals surface area (Å²) in [7, 11) is 0. The Morgan fingerprint density at radius 1 is 1.57 bits per heavy atom. The molecule has 1 rings (SSSR count). The van der Waals surface area contributed by atoms with Crippen LogP contribution in [0.15, 0.2) is 18.2 Å². The molecule has 14 heavy (non-hydrogen) atoms. The lowest BCUT2D eigenvalue weighted by atomic mass is 10.2. The van der Waals surface area contributed by atoms with Crippen molar-refractivity contribution < 1.29 is 9.90 Å². The lowest BCUT2D eigenvalue weighted by molar-refractivity contribution is -0.129. The Labute approximate surface area is 86.0 Å². The zero-order valence-electron chi connectivity index (χ0n) is 7.47. The highest BCUT2D eigenvalue weighted by molar-refractivity contribution is 6.38. The summed E-state index contributed by atoms with van der Waals surface area (Å²) in [5, 5.41) is 18.6. The first-order chi connectivity index (χ1) is 6.52. The first kappa shape index (κ1) is 10.5. The number of carbonyl (C=O) groups is 1. The molecule has 0 unspecified atom stereocenters. The van der Waals surface area contributed by atoms with Crippen molar-refractivity contribution in [2.24, 2.45) is 0 Å². The van der Waals surface area contributed by atoms with Crippen LogP contribution in [0.4, 0.5) is 5.69 Å². The van der Waals surface area contributed by atoms with Crippen LogP contribution in [0.25, 0.3) is 0 Å². The molecule has 74 valence electrons. The fourth-order valence-corrected chi connectivity index (χ4v) is 1.11. The second-order valence-corrected chi connectivity index (χ2v) is 3.12. The Bertz CT molecular complexity index is 390. The van der Waals surface area contributed by atoms with E-state index in [9.17, 15) is 4.79 Å². The molecule has 0 saturated carbocycles. The van der Waals surface area contributed by atoms with E-state index in [2.05, 4.69) is 5.32 Å². The van der Waals surface area contributed by atoms with Crippen LogP contribution in [-0.4, -0.2) is 16.9 Å². The van der Waals surface area contributed by atoms with Gasteiger partial charge < -0.3 is 10.4 Å². The molecule has 0 aliphatic heterocycles. The van der Waals surface area contributed by atoms with E-state index in [1.165, 1.54) is 0 Å². The summed E-state index contributed by atoms with van der Waals surface area (Å²) in [6, 6.07) is 5.05. The van der Waals surface area contributed by atoms with Gasteiger partial charge in [0.15, 0.2) is 0 Å². The summed E-state index contributed by atoms with van der Waals surface area (Å²) in [5.41, 5.74) is 1.25. The van der Waals surface area contributed by atoms with Crippen molar-refractivity contribution in [2.45, 2.75) is 6.92 Å². The number of anilines is 1. The average molecular weight is 213 g/mol. The van der Waals surface area contributed by atoms with Crippen LogP contribution in [0.2, 0.25) is 5.02 Å². The van der Waals surface area contributed by atoms with Crippen LogP contribution < -0.4 is 5.32 Å². The van der Waals surface area contributed by atoms with Crippen LogP contribution in [0, 0.1) is 12.3 Å². The molecule has 0 bridgehead atoms. The molecule has 0 amide bonds. The van der Waals surface area contributed by atoms with Crippen molar-refractivity contribution >= 4 is 29.1 Å². The van der Waals surface area contributed by atoms with Crippen LogP contribution in [-0.2, 0) is 4.79 Å². The molecule has 0 atom stereocenters. The fourth-order valence-electron chi connectivity index (χ4n) is 0.931. The van der Waals surface area contributed by atoms with Crippen molar-refractivity contribution in [1.29, 1.82) is 5.41 Å².